The van der Waals surface area contributed by atoms with Gasteiger partial charge < -0.3 is 24.2 Å². The predicted octanol–water partition coefficient (Wildman–Crippen LogP) is 2.75. The van der Waals surface area contributed by atoms with Crippen molar-refractivity contribution in [3.8, 4) is 0 Å². The molecule has 1 atom stereocenters. The Labute approximate surface area is 174 Å². The summed E-state index contributed by atoms with van der Waals surface area (Å²) in [5.41, 5.74) is 0. The summed E-state index contributed by atoms with van der Waals surface area (Å²) in [5.74, 6) is 2.76. The number of hydrogen-bond donors (Lipinski definition) is 1. The van der Waals surface area contributed by atoms with Crippen molar-refractivity contribution in [3.05, 3.63) is 11.7 Å². The second-order valence-electron chi connectivity index (χ2n) is 8.29. The minimum absolute atomic E-state index is 0.298. The van der Waals surface area contributed by atoms with Crippen LogP contribution in [-0.2, 0) is 15.9 Å². The zero-order chi connectivity index (χ0) is 20.5. The number of piperidine rings is 1. The molecule has 0 bridgehead atoms. The first-order chi connectivity index (χ1) is 14.2. The summed E-state index contributed by atoms with van der Waals surface area (Å²) in [7, 11) is 1.85. The molecule has 2 fully saturated rings. The van der Waals surface area contributed by atoms with Crippen molar-refractivity contribution in [2.45, 2.75) is 76.9 Å². The van der Waals surface area contributed by atoms with E-state index in [9.17, 15) is 0 Å². The van der Waals surface area contributed by atoms with Gasteiger partial charge in [0.05, 0.1) is 18.8 Å². The van der Waals surface area contributed by atoms with Crippen molar-refractivity contribution in [2.24, 2.45) is 4.99 Å². The molecule has 0 spiro atoms. The zero-order valence-electron chi connectivity index (χ0n) is 18.2. The van der Waals surface area contributed by atoms with Crippen LogP contribution in [0.2, 0.25) is 0 Å². The fourth-order valence-corrected chi connectivity index (χ4v) is 3.79. The van der Waals surface area contributed by atoms with Crippen molar-refractivity contribution >= 4 is 5.96 Å². The Morgan fingerprint density at radius 2 is 2.10 bits per heavy atom. The Morgan fingerprint density at radius 3 is 2.76 bits per heavy atom. The lowest BCUT2D eigenvalue weighted by atomic mass is 10.1. The Morgan fingerprint density at radius 1 is 1.28 bits per heavy atom. The molecule has 0 aromatic carbocycles. The van der Waals surface area contributed by atoms with Gasteiger partial charge in [-0.05, 0) is 38.5 Å². The van der Waals surface area contributed by atoms with Gasteiger partial charge in [0.2, 0.25) is 5.89 Å². The first-order valence-corrected chi connectivity index (χ1v) is 11.2. The molecule has 2 aliphatic heterocycles. The van der Waals surface area contributed by atoms with Gasteiger partial charge in [-0.2, -0.15) is 4.98 Å². The van der Waals surface area contributed by atoms with Gasteiger partial charge in [0.1, 0.15) is 0 Å². The predicted molar refractivity (Wildman–Crippen MR) is 112 cm³/mol. The Kier molecular flexibility index (Phi) is 8.73. The second-order valence-corrected chi connectivity index (χ2v) is 8.29. The molecule has 2 saturated heterocycles. The number of rotatable bonds is 8. The van der Waals surface area contributed by atoms with E-state index >= 15 is 0 Å². The van der Waals surface area contributed by atoms with Crippen molar-refractivity contribution in [3.63, 3.8) is 0 Å². The number of nitrogens with one attached hydrogen (secondary N) is 1. The molecule has 1 N–H and O–H groups in total. The van der Waals surface area contributed by atoms with Crippen molar-refractivity contribution in [1.82, 2.24) is 20.4 Å². The summed E-state index contributed by atoms with van der Waals surface area (Å²) in [4.78, 5) is 11.2. The molecule has 0 radical (unpaired) electrons. The standard InChI is InChI=1S/C21H37N5O3/c1-16(2)20-24-19(29-25-20)8-6-11-23-21(22-3)26-12-9-17(10-13-26)28-15-18-7-4-5-14-27-18/h16-18H,4-15H2,1-3H3,(H,22,23). The lowest BCUT2D eigenvalue weighted by Gasteiger charge is -2.35. The Bertz CT molecular complexity index is 620. The van der Waals surface area contributed by atoms with Gasteiger partial charge in [-0.3, -0.25) is 4.99 Å². The van der Waals surface area contributed by atoms with Crippen molar-refractivity contribution in [1.29, 1.82) is 0 Å². The number of hydrogen-bond acceptors (Lipinski definition) is 6. The molecular weight excluding hydrogens is 370 g/mol. The minimum Gasteiger partial charge on any atom is -0.376 e. The van der Waals surface area contributed by atoms with Crippen molar-refractivity contribution in [2.75, 3.05) is 39.9 Å². The maximum Gasteiger partial charge on any atom is 0.226 e. The summed E-state index contributed by atoms with van der Waals surface area (Å²) >= 11 is 0. The van der Waals surface area contributed by atoms with Gasteiger partial charge in [-0.1, -0.05) is 19.0 Å². The third-order valence-electron chi connectivity index (χ3n) is 5.60. The molecule has 2 aliphatic rings. The van der Waals surface area contributed by atoms with Crippen LogP contribution in [0.5, 0.6) is 0 Å². The van der Waals surface area contributed by atoms with Crippen LogP contribution >= 0.6 is 0 Å². The molecule has 1 unspecified atom stereocenters. The van der Waals surface area contributed by atoms with Crippen LogP contribution < -0.4 is 5.32 Å². The van der Waals surface area contributed by atoms with E-state index in [1.807, 2.05) is 7.05 Å². The number of likely N-dealkylation sites (tertiary alicyclic amines) is 1. The highest BCUT2D eigenvalue weighted by Crippen LogP contribution is 2.18. The average molecular weight is 408 g/mol. The van der Waals surface area contributed by atoms with E-state index in [4.69, 9.17) is 14.0 Å². The van der Waals surface area contributed by atoms with E-state index in [1.54, 1.807) is 0 Å². The first kappa shape index (κ1) is 22.0. The van der Waals surface area contributed by atoms with Gasteiger partial charge in [0.25, 0.3) is 0 Å². The highest BCUT2D eigenvalue weighted by Gasteiger charge is 2.23. The third-order valence-corrected chi connectivity index (χ3v) is 5.60. The van der Waals surface area contributed by atoms with Crippen LogP contribution in [0.4, 0.5) is 0 Å². The van der Waals surface area contributed by atoms with E-state index < -0.39 is 0 Å². The molecule has 0 aliphatic carbocycles. The topological polar surface area (TPSA) is 85.0 Å². The SMILES string of the molecule is CN=C(NCCCc1nc(C(C)C)no1)N1CCC(OCC2CCCCO2)CC1. The first-order valence-electron chi connectivity index (χ1n) is 11.2. The fourth-order valence-electron chi connectivity index (χ4n) is 3.79. The third kappa shape index (κ3) is 6.96. The number of aryl methyl sites for hydroxylation is 1. The van der Waals surface area contributed by atoms with E-state index in [0.717, 1.165) is 76.7 Å². The average Bonchev–Trinajstić information content (AvgIpc) is 3.23. The molecule has 3 heterocycles. The lowest BCUT2D eigenvalue weighted by molar-refractivity contribution is -0.0721. The summed E-state index contributed by atoms with van der Waals surface area (Å²) in [6.07, 6.45) is 8.00. The number of aliphatic imine (C=N–C) groups is 1. The molecule has 29 heavy (non-hydrogen) atoms. The van der Waals surface area contributed by atoms with E-state index in [0.29, 0.717) is 24.0 Å². The smallest absolute Gasteiger partial charge is 0.226 e. The minimum atomic E-state index is 0.298. The van der Waals surface area contributed by atoms with Crippen LogP contribution in [-0.4, -0.2) is 73.1 Å². The number of aromatic nitrogens is 2. The molecule has 1 aromatic rings. The lowest BCUT2D eigenvalue weighted by Crippen LogP contribution is -2.47. The summed E-state index contributed by atoms with van der Waals surface area (Å²) < 4.78 is 17.2. The zero-order valence-corrected chi connectivity index (χ0v) is 18.2. The number of guanidine groups is 1. The quantitative estimate of drug-likeness (QED) is 0.403. The molecule has 3 rings (SSSR count). The summed E-state index contributed by atoms with van der Waals surface area (Å²) in [6, 6.07) is 0. The van der Waals surface area contributed by atoms with Gasteiger partial charge in [0, 0.05) is 45.6 Å². The molecule has 8 heteroatoms. The highest BCUT2D eigenvalue weighted by molar-refractivity contribution is 5.79. The van der Waals surface area contributed by atoms with Crippen LogP contribution in [0.25, 0.3) is 0 Å². The molecule has 1 aromatic heterocycles. The molecular formula is C21H37N5O3. The van der Waals surface area contributed by atoms with Gasteiger partial charge in [-0.15, -0.1) is 0 Å². The fraction of sp³-hybridized carbons (Fsp3) is 0.857. The molecule has 0 saturated carbocycles. The van der Waals surface area contributed by atoms with Gasteiger partial charge in [-0.25, -0.2) is 0 Å². The molecule has 8 nitrogen and oxygen atoms in total. The van der Waals surface area contributed by atoms with Crippen molar-refractivity contribution < 1.29 is 14.0 Å². The summed E-state index contributed by atoms with van der Waals surface area (Å²) in [5, 5.41) is 7.48. The maximum absolute atomic E-state index is 6.12. The van der Waals surface area contributed by atoms with Gasteiger partial charge in [0.15, 0.2) is 11.8 Å². The van der Waals surface area contributed by atoms with E-state index in [-0.39, 0.29) is 0 Å². The van der Waals surface area contributed by atoms with Gasteiger partial charge >= 0.3 is 0 Å². The van der Waals surface area contributed by atoms with E-state index in [2.05, 4.69) is 39.2 Å². The van der Waals surface area contributed by atoms with Crippen LogP contribution in [0.1, 0.15) is 70.0 Å². The normalized spacial score (nSPS) is 21.7. The number of nitrogens with zero attached hydrogens (tertiary/aromatic N) is 4. The Hall–Kier alpha value is -1.67. The van der Waals surface area contributed by atoms with Crippen LogP contribution in [0.3, 0.4) is 0 Å². The number of ether oxygens (including phenoxy) is 2. The second kappa shape index (κ2) is 11.5. The Balaban J connectivity index is 1.31. The highest BCUT2D eigenvalue weighted by atomic mass is 16.5. The maximum atomic E-state index is 6.12. The van der Waals surface area contributed by atoms with E-state index in [1.165, 1.54) is 12.8 Å². The summed E-state index contributed by atoms with van der Waals surface area (Å²) in [6.45, 7) is 8.54. The largest absolute Gasteiger partial charge is 0.376 e. The molecule has 164 valence electrons. The van der Waals surface area contributed by atoms with Crippen LogP contribution in [0.15, 0.2) is 9.52 Å². The monoisotopic (exact) mass is 407 g/mol. The molecule has 0 amide bonds. The van der Waals surface area contributed by atoms with Crippen LogP contribution in [0, 0.1) is 0 Å².